The molecule has 0 aliphatic carbocycles. The lowest BCUT2D eigenvalue weighted by Crippen LogP contribution is -2.41. The first-order valence-corrected chi connectivity index (χ1v) is 6.55. The first-order valence-electron chi connectivity index (χ1n) is 5.75. The summed E-state index contributed by atoms with van der Waals surface area (Å²) in [7, 11) is 5.84. The van der Waals surface area contributed by atoms with Crippen LogP contribution in [-0.2, 0) is 11.3 Å². The van der Waals surface area contributed by atoms with Gasteiger partial charge in [-0.1, -0.05) is 28.1 Å². The van der Waals surface area contributed by atoms with Gasteiger partial charge in [0.05, 0.1) is 6.61 Å². The highest BCUT2D eigenvalue weighted by atomic mass is 79.9. The summed E-state index contributed by atoms with van der Waals surface area (Å²) in [6, 6.07) is 8.83. The van der Waals surface area contributed by atoms with E-state index in [0.717, 1.165) is 24.2 Å². The lowest BCUT2D eigenvalue weighted by molar-refractivity contribution is 0.102. The van der Waals surface area contributed by atoms with Gasteiger partial charge in [-0.3, -0.25) is 4.90 Å². The SMILES string of the molecule is CNCC(COC)N(C)Cc1ccc(Br)cc1. The summed E-state index contributed by atoms with van der Waals surface area (Å²) in [5, 5.41) is 3.20. The number of rotatable bonds is 7. The molecule has 0 saturated heterocycles. The molecule has 3 nitrogen and oxygen atoms in total. The van der Waals surface area contributed by atoms with Crippen LogP contribution >= 0.6 is 15.9 Å². The number of ether oxygens (including phenoxy) is 1. The van der Waals surface area contributed by atoms with Crippen molar-refractivity contribution in [1.82, 2.24) is 10.2 Å². The molecule has 0 aromatic heterocycles. The van der Waals surface area contributed by atoms with E-state index >= 15 is 0 Å². The molecule has 0 aliphatic heterocycles. The van der Waals surface area contributed by atoms with E-state index < -0.39 is 0 Å². The van der Waals surface area contributed by atoms with Gasteiger partial charge in [-0.15, -0.1) is 0 Å². The van der Waals surface area contributed by atoms with Crippen molar-refractivity contribution in [2.24, 2.45) is 0 Å². The maximum absolute atomic E-state index is 5.25. The summed E-state index contributed by atoms with van der Waals surface area (Å²) in [5.41, 5.74) is 1.31. The summed E-state index contributed by atoms with van der Waals surface area (Å²) in [4.78, 5) is 2.31. The van der Waals surface area contributed by atoms with Crippen molar-refractivity contribution < 1.29 is 4.74 Å². The minimum absolute atomic E-state index is 0.397. The Morgan fingerprint density at radius 3 is 2.53 bits per heavy atom. The topological polar surface area (TPSA) is 24.5 Å². The maximum atomic E-state index is 5.25. The van der Waals surface area contributed by atoms with Gasteiger partial charge in [0, 0.05) is 30.7 Å². The van der Waals surface area contributed by atoms with Gasteiger partial charge in [-0.2, -0.15) is 0 Å². The lowest BCUT2D eigenvalue weighted by atomic mass is 10.2. The molecule has 0 bridgehead atoms. The number of halogens is 1. The molecule has 0 radical (unpaired) electrons. The summed E-state index contributed by atoms with van der Waals surface area (Å²) >= 11 is 3.45. The van der Waals surface area contributed by atoms with Crippen LogP contribution in [0.1, 0.15) is 5.56 Å². The van der Waals surface area contributed by atoms with Crippen molar-refractivity contribution in [2.75, 3.05) is 34.4 Å². The molecule has 0 heterocycles. The highest BCUT2D eigenvalue weighted by Crippen LogP contribution is 2.12. The fraction of sp³-hybridized carbons (Fsp3) is 0.538. The molecule has 0 aliphatic rings. The van der Waals surface area contributed by atoms with Crippen molar-refractivity contribution in [2.45, 2.75) is 12.6 Å². The molecule has 1 atom stereocenters. The molecule has 0 spiro atoms. The fourth-order valence-electron chi connectivity index (χ4n) is 1.78. The third-order valence-electron chi connectivity index (χ3n) is 2.77. The molecule has 1 rings (SSSR count). The Bertz CT molecular complexity index is 310. The molecule has 17 heavy (non-hydrogen) atoms. The smallest absolute Gasteiger partial charge is 0.0630 e. The molecule has 0 fully saturated rings. The average molecular weight is 301 g/mol. The largest absolute Gasteiger partial charge is 0.383 e. The Hall–Kier alpha value is -0.420. The van der Waals surface area contributed by atoms with Gasteiger partial charge in [0.25, 0.3) is 0 Å². The minimum Gasteiger partial charge on any atom is -0.383 e. The van der Waals surface area contributed by atoms with E-state index in [2.05, 4.69) is 57.5 Å². The van der Waals surface area contributed by atoms with Crippen molar-refractivity contribution >= 4 is 15.9 Å². The second-order valence-corrected chi connectivity index (χ2v) is 5.12. The van der Waals surface area contributed by atoms with Crippen LogP contribution in [-0.4, -0.2) is 45.3 Å². The monoisotopic (exact) mass is 300 g/mol. The number of nitrogens with one attached hydrogen (secondary N) is 1. The van der Waals surface area contributed by atoms with Crippen LogP contribution in [0, 0.1) is 0 Å². The number of likely N-dealkylation sites (N-methyl/N-ethyl adjacent to an activating group) is 2. The minimum atomic E-state index is 0.397. The molecular weight excluding hydrogens is 280 g/mol. The standard InChI is InChI=1S/C13H21BrN2O/c1-15-8-13(10-17-3)16(2)9-11-4-6-12(14)7-5-11/h4-7,13,15H,8-10H2,1-3H3. The zero-order chi connectivity index (χ0) is 12.7. The summed E-state index contributed by atoms with van der Waals surface area (Å²) in [6.07, 6.45) is 0. The molecule has 1 aromatic rings. The van der Waals surface area contributed by atoms with Gasteiger partial charge in [-0.25, -0.2) is 0 Å². The quantitative estimate of drug-likeness (QED) is 0.835. The maximum Gasteiger partial charge on any atom is 0.0630 e. The van der Waals surface area contributed by atoms with E-state index in [1.54, 1.807) is 7.11 Å². The number of benzene rings is 1. The van der Waals surface area contributed by atoms with E-state index in [9.17, 15) is 0 Å². The molecule has 1 unspecified atom stereocenters. The van der Waals surface area contributed by atoms with Crippen LogP contribution in [0.4, 0.5) is 0 Å². The first-order chi connectivity index (χ1) is 8.17. The predicted octanol–water partition coefficient (Wildman–Crippen LogP) is 2.12. The summed E-state index contributed by atoms with van der Waals surface area (Å²) < 4.78 is 6.36. The van der Waals surface area contributed by atoms with Crippen LogP contribution in [0.25, 0.3) is 0 Å². The molecule has 4 heteroatoms. The Labute approximate surface area is 112 Å². The molecule has 0 amide bonds. The van der Waals surface area contributed by atoms with Crippen molar-refractivity contribution in [3.8, 4) is 0 Å². The van der Waals surface area contributed by atoms with Crippen LogP contribution in [0.5, 0.6) is 0 Å². The lowest BCUT2D eigenvalue weighted by Gasteiger charge is -2.27. The Balaban J connectivity index is 2.55. The Kier molecular flexibility index (Phi) is 6.73. The van der Waals surface area contributed by atoms with E-state index in [4.69, 9.17) is 4.74 Å². The molecule has 1 N–H and O–H groups in total. The molecular formula is C13H21BrN2O. The first kappa shape index (κ1) is 14.6. The molecule has 1 aromatic carbocycles. The van der Waals surface area contributed by atoms with Crippen molar-refractivity contribution in [3.05, 3.63) is 34.3 Å². The average Bonchev–Trinajstić information content (AvgIpc) is 2.32. The fourth-order valence-corrected chi connectivity index (χ4v) is 2.04. The predicted molar refractivity (Wildman–Crippen MR) is 75.2 cm³/mol. The zero-order valence-corrected chi connectivity index (χ0v) is 12.3. The number of hydrogen-bond acceptors (Lipinski definition) is 3. The molecule has 0 saturated carbocycles. The van der Waals surface area contributed by atoms with Gasteiger partial charge in [-0.05, 0) is 31.8 Å². The van der Waals surface area contributed by atoms with Gasteiger partial charge >= 0.3 is 0 Å². The number of hydrogen-bond donors (Lipinski definition) is 1. The van der Waals surface area contributed by atoms with Crippen molar-refractivity contribution in [3.63, 3.8) is 0 Å². The summed E-state index contributed by atoms with van der Waals surface area (Å²) in [6.45, 7) is 2.61. The van der Waals surface area contributed by atoms with E-state index in [1.165, 1.54) is 5.56 Å². The van der Waals surface area contributed by atoms with Crippen LogP contribution in [0.2, 0.25) is 0 Å². The Morgan fingerprint density at radius 2 is 2.00 bits per heavy atom. The van der Waals surface area contributed by atoms with E-state index in [-0.39, 0.29) is 0 Å². The third-order valence-corrected chi connectivity index (χ3v) is 3.30. The number of nitrogens with zero attached hydrogens (tertiary/aromatic N) is 1. The van der Waals surface area contributed by atoms with E-state index in [0.29, 0.717) is 6.04 Å². The second-order valence-electron chi connectivity index (χ2n) is 4.21. The van der Waals surface area contributed by atoms with Gasteiger partial charge in [0.15, 0.2) is 0 Å². The number of methoxy groups -OCH3 is 1. The van der Waals surface area contributed by atoms with Crippen LogP contribution in [0.15, 0.2) is 28.7 Å². The zero-order valence-electron chi connectivity index (χ0n) is 10.7. The Morgan fingerprint density at radius 1 is 1.35 bits per heavy atom. The van der Waals surface area contributed by atoms with Crippen LogP contribution in [0.3, 0.4) is 0 Å². The highest BCUT2D eigenvalue weighted by molar-refractivity contribution is 9.10. The third kappa shape index (κ3) is 5.17. The van der Waals surface area contributed by atoms with Gasteiger partial charge < -0.3 is 10.1 Å². The van der Waals surface area contributed by atoms with Crippen molar-refractivity contribution in [1.29, 1.82) is 0 Å². The molecule has 96 valence electrons. The van der Waals surface area contributed by atoms with E-state index in [1.807, 2.05) is 7.05 Å². The highest BCUT2D eigenvalue weighted by Gasteiger charge is 2.13. The second kappa shape index (κ2) is 7.82. The normalized spacial score (nSPS) is 13.0. The van der Waals surface area contributed by atoms with Crippen LogP contribution < -0.4 is 5.32 Å². The van der Waals surface area contributed by atoms with Gasteiger partial charge in [0.2, 0.25) is 0 Å². The summed E-state index contributed by atoms with van der Waals surface area (Å²) in [5.74, 6) is 0. The van der Waals surface area contributed by atoms with Gasteiger partial charge in [0.1, 0.15) is 0 Å².